The number of benzene rings is 1. The molecule has 0 aliphatic carbocycles. The fourth-order valence-corrected chi connectivity index (χ4v) is 5.13. The molecule has 1 aliphatic rings. The van der Waals surface area contributed by atoms with Crippen LogP contribution in [-0.2, 0) is 6.42 Å². The van der Waals surface area contributed by atoms with Crippen molar-refractivity contribution in [1.82, 2.24) is 0 Å². The van der Waals surface area contributed by atoms with Crippen molar-refractivity contribution in [2.75, 3.05) is 11.5 Å². The first-order chi connectivity index (χ1) is 8.22. The van der Waals surface area contributed by atoms with Crippen molar-refractivity contribution < 1.29 is 0 Å². The third-order valence-corrected chi connectivity index (χ3v) is 6.55. The van der Waals surface area contributed by atoms with E-state index in [2.05, 4.69) is 49.9 Å². The van der Waals surface area contributed by atoms with Gasteiger partial charge in [-0.05, 0) is 17.5 Å². The molecule has 1 heterocycles. The number of nitrogens with two attached hydrogens (primary N) is 1. The van der Waals surface area contributed by atoms with Crippen LogP contribution in [-0.4, -0.2) is 22.0 Å². The largest absolute Gasteiger partial charge is 0.323 e. The SMILES string of the molecule is CCc1cccc(C(N)C2SCCSC2C)c1. The second-order valence-corrected chi connectivity index (χ2v) is 7.31. The molecule has 0 saturated carbocycles. The van der Waals surface area contributed by atoms with E-state index in [0.717, 1.165) is 6.42 Å². The van der Waals surface area contributed by atoms with E-state index in [4.69, 9.17) is 5.73 Å². The highest BCUT2D eigenvalue weighted by molar-refractivity contribution is 8.07. The zero-order chi connectivity index (χ0) is 12.3. The molecule has 17 heavy (non-hydrogen) atoms. The lowest BCUT2D eigenvalue weighted by Gasteiger charge is -2.32. The van der Waals surface area contributed by atoms with Gasteiger partial charge < -0.3 is 5.73 Å². The summed E-state index contributed by atoms with van der Waals surface area (Å²) in [6.07, 6.45) is 1.09. The molecule has 0 bridgehead atoms. The van der Waals surface area contributed by atoms with Gasteiger partial charge >= 0.3 is 0 Å². The summed E-state index contributed by atoms with van der Waals surface area (Å²) in [6.45, 7) is 4.50. The Morgan fingerprint density at radius 2 is 2.12 bits per heavy atom. The quantitative estimate of drug-likeness (QED) is 0.908. The molecule has 2 N–H and O–H groups in total. The zero-order valence-corrected chi connectivity index (χ0v) is 12.2. The molecule has 2 rings (SSSR count). The summed E-state index contributed by atoms with van der Waals surface area (Å²) < 4.78 is 0. The van der Waals surface area contributed by atoms with Crippen LogP contribution in [0.1, 0.15) is 31.0 Å². The third kappa shape index (κ3) is 3.21. The highest BCUT2D eigenvalue weighted by Crippen LogP contribution is 2.37. The van der Waals surface area contributed by atoms with Crippen LogP contribution in [0, 0.1) is 0 Å². The fraction of sp³-hybridized carbons (Fsp3) is 0.571. The second-order valence-electron chi connectivity index (χ2n) is 4.54. The van der Waals surface area contributed by atoms with E-state index in [9.17, 15) is 0 Å². The summed E-state index contributed by atoms with van der Waals surface area (Å²) in [5.41, 5.74) is 9.14. The van der Waals surface area contributed by atoms with E-state index in [1.165, 1.54) is 22.6 Å². The van der Waals surface area contributed by atoms with Crippen molar-refractivity contribution in [2.45, 2.75) is 36.8 Å². The van der Waals surface area contributed by atoms with Gasteiger partial charge in [0.15, 0.2) is 0 Å². The Balaban J connectivity index is 2.14. The molecule has 0 spiro atoms. The van der Waals surface area contributed by atoms with Gasteiger partial charge in [-0.25, -0.2) is 0 Å². The predicted octanol–water partition coefficient (Wildman–Crippen LogP) is 3.49. The Labute approximate surface area is 113 Å². The van der Waals surface area contributed by atoms with E-state index >= 15 is 0 Å². The average molecular weight is 267 g/mol. The zero-order valence-electron chi connectivity index (χ0n) is 10.6. The van der Waals surface area contributed by atoms with E-state index in [-0.39, 0.29) is 6.04 Å². The lowest BCUT2D eigenvalue weighted by atomic mass is 9.99. The van der Waals surface area contributed by atoms with E-state index in [0.29, 0.717) is 10.5 Å². The topological polar surface area (TPSA) is 26.0 Å². The summed E-state index contributed by atoms with van der Waals surface area (Å²) in [4.78, 5) is 0. The van der Waals surface area contributed by atoms with Crippen LogP contribution in [0.15, 0.2) is 24.3 Å². The van der Waals surface area contributed by atoms with Gasteiger partial charge in [0.1, 0.15) is 0 Å². The first-order valence-electron chi connectivity index (χ1n) is 6.30. The number of hydrogen-bond acceptors (Lipinski definition) is 3. The number of aryl methyl sites for hydroxylation is 1. The number of hydrogen-bond donors (Lipinski definition) is 1. The Hall–Kier alpha value is -0.120. The van der Waals surface area contributed by atoms with Gasteiger partial charge in [-0.15, -0.1) is 0 Å². The monoisotopic (exact) mass is 267 g/mol. The molecule has 1 aromatic carbocycles. The molecule has 94 valence electrons. The summed E-state index contributed by atoms with van der Waals surface area (Å²) in [6, 6.07) is 8.95. The molecule has 1 saturated heterocycles. The van der Waals surface area contributed by atoms with Crippen LogP contribution < -0.4 is 5.73 Å². The van der Waals surface area contributed by atoms with E-state index in [1.807, 2.05) is 11.8 Å². The highest BCUT2D eigenvalue weighted by Gasteiger charge is 2.28. The van der Waals surface area contributed by atoms with Gasteiger partial charge in [0.25, 0.3) is 0 Å². The van der Waals surface area contributed by atoms with Gasteiger partial charge in [0.05, 0.1) is 0 Å². The van der Waals surface area contributed by atoms with Crippen LogP contribution >= 0.6 is 23.5 Å². The van der Waals surface area contributed by atoms with Crippen molar-refractivity contribution in [3.8, 4) is 0 Å². The van der Waals surface area contributed by atoms with Gasteiger partial charge in [-0.3, -0.25) is 0 Å². The van der Waals surface area contributed by atoms with Crippen molar-refractivity contribution in [1.29, 1.82) is 0 Å². The normalized spacial score (nSPS) is 26.8. The smallest absolute Gasteiger partial charge is 0.0426 e. The summed E-state index contributed by atoms with van der Waals surface area (Å²) in [5, 5.41) is 1.22. The molecular weight excluding hydrogens is 246 g/mol. The number of rotatable bonds is 3. The molecule has 0 amide bonds. The third-order valence-electron chi connectivity index (χ3n) is 3.34. The standard InChI is InChI=1S/C14H21NS2/c1-3-11-5-4-6-12(9-11)13(15)14-10(2)16-7-8-17-14/h4-6,9-10,13-14H,3,7-8,15H2,1-2H3. The molecule has 1 nitrogen and oxygen atoms in total. The molecular formula is C14H21NS2. The Kier molecular flexibility index (Phi) is 4.83. The minimum Gasteiger partial charge on any atom is -0.323 e. The molecule has 1 aliphatic heterocycles. The highest BCUT2D eigenvalue weighted by atomic mass is 32.2. The van der Waals surface area contributed by atoms with E-state index < -0.39 is 0 Å². The van der Waals surface area contributed by atoms with Crippen molar-refractivity contribution in [3.05, 3.63) is 35.4 Å². The Morgan fingerprint density at radius 1 is 1.35 bits per heavy atom. The molecule has 3 heteroatoms. The molecule has 3 atom stereocenters. The van der Waals surface area contributed by atoms with Crippen molar-refractivity contribution >= 4 is 23.5 Å². The summed E-state index contributed by atoms with van der Waals surface area (Å²) in [5.74, 6) is 2.50. The van der Waals surface area contributed by atoms with Crippen LogP contribution in [0.25, 0.3) is 0 Å². The maximum atomic E-state index is 6.45. The Morgan fingerprint density at radius 3 is 2.82 bits per heavy atom. The van der Waals surface area contributed by atoms with Crippen LogP contribution in [0.4, 0.5) is 0 Å². The van der Waals surface area contributed by atoms with Gasteiger partial charge in [0.2, 0.25) is 0 Å². The van der Waals surface area contributed by atoms with E-state index in [1.54, 1.807) is 0 Å². The fourth-order valence-electron chi connectivity index (χ4n) is 2.25. The molecule has 0 aromatic heterocycles. The minimum absolute atomic E-state index is 0.175. The first kappa shape index (κ1) is 13.3. The number of thioether (sulfide) groups is 2. The summed E-state index contributed by atoms with van der Waals surface area (Å²) in [7, 11) is 0. The lowest BCUT2D eigenvalue weighted by Crippen LogP contribution is -2.34. The van der Waals surface area contributed by atoms with Gasteiger partial charge in [0, 0.05) is 28.0 Å². The van der Waals surface area contributed by atoms with Gasteiger partial charge in [-0.2, -0.15) is 23.5 Å². The Bertz CT molecular complexity index is 367. The molecule has 1 aromatic rings. The second kappa shape index (κ2) is 6.17. The molecule has 0 radical (unpaired) electrons. The first-order valence-corrected chi connectivity index (χ1v) is 8.39. The van der Waals surface area contributed by atoms with Crippen molar-refractivity contribution in [3.63, 3.8) is 0 Å². The average Bonchev–Trinajstić information content (AvgIpc) is 2.38. The van der Waals surface area contributed by atoms with Crippen LogP contribution in [0.2, 0.25) is 0 Å². The van der Waals surface area contributed by atoms with Gasteiger partial charge in [-0.1, -0.05) is 38.1 Å². The molecule has 1 fully saturated rings. The van der Waals surface area contributed by atoms with Crippen molar-refractivity contribution in [2.24, 2.45) is 5.73 Å². The summed E-state index contributed by atoms with van der Waals surface area (Å²) >= 11 is 4.10. The minimum atomic E-state index is 0.175. The predicted molar refractivity (Wildman–Crippen MR) is 80.9 cm³/mol. The maximum Gasteiger partial charge on any atom is 0.0426 e. The maximum absolute atomic E-state index is 6.45. The molecule has 3 unspecified atom stereocenters. The van der Waals surface area contributed by atoms with Crippen LogP contribution in [0.3, 0.4) is 0 Å². The lowest BCUT2D eigenvalue weighted by molar-refractivity contribution is 0.663. The van der Waals surface area contributed by atoms with Crippen LogP contribution in [0.5, 0.6) is 0 Å².